The minimum atomic E-state index is -0.950. The van der Waals surface area contributed by atoms with E-state index in [1.54, 1.807) is 12.1 Å². The van der Waals surface area contributed by atoms with Crippen LogP contribution in [0.4, 0.5) is 5.69 Å². The van der Waals surface area contributed by atoms with Gasteiger partial charge >= 0.3 is 5.97 Å². The molecule has 1 saturated heterocycles. The number of ether oxygens (including phenoxy) is 1. The standard InChI is InChI=1S/C35H37N7O3/c1-21(36)41-15-13-26(14-16-41)45-33-18-32-30(17-31(33)39-19-23-7-9-24(10-8-23)35(43)44)40-22(2)42(32)20-25-11-12-29(34(37)38)28-6-4-3-5-27(25)28/h3-12,17-18,26,36,39H,13-16,19-20H2,1-2H3,(H3,37,38)(H,43,44). The van der Waals surface area contributed by atoms with E-state index in [4.69, 9.17) is 26.3 Å². The van der Waals surface area contributed by atoms with Crippen molar-refractivity contribution in [3.05, 3.63) is 101 Å². The van der Waals surface area contributed by atoms with Crippen molar-refractivity contribution in [1.82, 2.24) is 14.5 Å². The van der Waals surface area contributed by atoms with Crippen molar-refractivity contribution < 1.29 is 14.6 Å². The Balaban J connectivity index is 1.35. The van der Waals surface area contributed by atoms with Gasteiger partial charge in [-0.15, -0.1) is 0 Å². The molecule has 0 amide bonds. The molecule has 1 aliphatic heterocycles. The van der Waals surface area contributed by atoms with Gasteiger partial charge in [-0.05, 0) is 53.9 Å². The van der Waals surface area contributed by atoms with Gasteiger partial charge in [0, 0.05) is 50.7 Å². The number of carboxylic acid groups (broad SMARTS) is 1. The van der Waals surface area contributed by atoms with Gasteiger partial charge in [0.15, 0.2) is 0 Å². The number of benzene rings is 4. The van der Waals surface area contributed by atoms with Crippen LogP contribution < -0.4 is 15.8 Å². The lowest BCUT2D eigenvalue weighted by Gasteiger charge is -2.33. The summed E-state index contributed by atoms with van der Waals surface area (Å²) in [6.45, 7) is 6.45. The van der Waals surface area contributed by atoms with Gasteiger partial charge in [0.25, 0.3) is 0 Å². The van der Waals surface area contributed by atoms with Crippen LogP contribution in [0.3, 0.4) is 0 Å². The number of aryl methyl sites for hydroxylation is 1. The number of likely N-dealkylation sites (tertiary alicyclic amines) is 1. The molecule has 0 radical (unpaired) electrons. The van der Waals surface area contributed by atoms with E-state index in [9.17, 15) is 9.90 Å². The first-order valence-corrected chi connectivity index (χ1v) is 15.1. The fourth-order valence-corrected chi connectivity index (χ4v) is 6.06. The molecule has 10 nitrogen and oxygen atoms in total. The number of hydrogen-bond donors (Lipinski definition) is 5. The van der Waals surface area contributed by atoms with Crippen LogP contribution in [0.5, 0.6) is 5.75 Å². The number of piperidine rings is 1. The topological polar surface area (TPSA) is 153 Å². The predicted molar refractivity (Wildman–Crippen MR) is 178 cm³/mol. The number of carbonyl (C=O) groups is 1. The highest BCUT2D eigenvalue weighted by atomic mass is 16.5. The number of carboxylic acids is 1. The predicted octanol–water partition coefficient (Wildman–Crippen LogP) is 5.98. The number of nitrogen functional groups attached to an aromatic ring is 1. The van der Waals surface area contributed by atoms with Gasteiger partial charge < -0.3 is 30.4 Å². The summed E-state index contributed by atoms with van der Waals surface area (Å²) in [5, 5.41) is 30.8. The molecule has 230 valence electrons. The summed E-state index contributed by atoms with van der Waals surface area (Å²) in [7, 11) is 0. The quantitative estimate of drug-likeness (QED) is 0.103. The minimum absolute atomic E-state index is 0.00832. The molecule has 6 rings (SSSR count). The fraction of sp³-hybridized carbons (Fsp3) is 0.257. The number of aromatic nitrogens is 2. The number of anilines is 1. The van der Waals surface area contributed by atoms with Crippen LogP contribution in [0, 0.1) is 17.7 Å². The van der Waals surface area contributed by atoms with Crippen molar-refractivity contribution >= 4 is 45.1 Å². The van der Waals surface area contributed by atoms with Crippen LogP contribution in [0.15, 0.2) is 72.8 Å². The van der Waals surface area contributed by atoms with E-state index >= 15 is 0 Å². The summed E-state index contributed by atoms with van der Waals surface area (Å²) in [5.74, 6) is 1.27. The summed E-state index contributed by atoms with van der Waals surface area (Å²) in [6, 6.07) is 22.9. The molecule has 1 aliphatic rings. The first kappa shape index (κ1) is 29.7. The molecule has 1 fully saturated rings. The largest absolute Gasteiger partial charge is 0.488 e. The van der Waals surface area contributed by atoms with Crippen molar-refractivity contribution in [1.29, 1.82) is 10.8 Å². The maximum atomic E-state index is 11.3. The van der Waals surface area contributed by atoms with Crippen LogP contribution in [0.1, 0.15) is 52.6 Å². The van der Waals surface area contributed by atoms with E-state index in [0.29, 0.717) is 18.9 Å². The van der Waals surface area contributed by atoms with Crippen LogP contribution in [-0.4, -0.2) is 56.4 Å². The summed E-state index contributed by atoms with van der Waals surface area (Å²) in [6.07, 6.45) is 1.64. The monoisotopic (exact) mass is 603 g/mol. The van der Waals surface area contributed by atoms with Gasteiger partial charge in [0.05, 0.1) is 28.1 Å². The van der Waals surface area contributed by atoms with E-state index in [1.165, 1.54) is 0 Å². The van der Waals surface area contributed by atoms with Crippen molar-refractivity contribution in [2.75, 3.05) is 18.4 Å². The molecule has 0 unspecified atom stereocenters. The molecule has 0 saturated carbocycles. The number of nitrogens with two attached hydrogens (primary N) is 1. The highest BCUT2D eigenvalue weighted by Gasteiger charge is 2.23. The molecular weight excluding hydrogens is 566 g/mol. The zero-order valence-electron chi connectivity index (χ0n) is 25.4. The Morgan fingerprint density at radius 1 is 1.04 bits per heavy atom. The van der Waals surface area contributed by atoms with Crippen molar-refractivity contribution in [2.45, 2.75) is 45.9 Å². The van der Waals surface area contributed by atoms with E-state index in [0.717, 1.165) is 81.7 Å². The van der Waals surface area contributed by atoms with Crippen molar-refractivity contribution in [3.63, 3.8) is 0 Å². The van der Waals surface area contributed by atoms with Crippen LogP contribution in [0.25, 0.3) is 21.8 Å². The maximum Gasteiger partial charge on any atom is 0.335 e. The SMILES string of the molecule is CC(=N)N1CCC(Oc2cc3c(cc2NCc2ccc(C(=O)O)cc2)nc(C)n3Cc2ccc(C(=N)N)c3ccccc23)CC1. The van der Waals surface area contributed by atoms with E-state index < -0.39 is 5.97 Å². The van der Waals surface area contributed by atoms with Gasteiger partial charge in [-0.2, -0.15) is 0 Å². The van der Waals surface area contributed by atoms with Crippen LogP contribution in [-0.2, 0) is 13.1 Å². The number of aromatic carboxylic acids is 1. The van der Waals surface area contributed by atoms with Gasteiger partial charge in [0.1, 0.15) is 23.5 Å². The maximum absolute atomic E-state index is 11.3. The Bertz CT molecular complexity index is 1920. The smallest absolute Gasteiger partial charge is 0.335 e. The molecule has 0 spiro atoms. The second kappa shape index (κ2) is 12.3. The summed E-state index contributed by atoms with van der Waals surface area (Å²) in [4.78, 5) is 18.3. The second-order valence-electron chi connectivity index (χ2n) is 11.6. The third kappa shape index (κ3) is 6.17. The number of nitrogens with zero attached hydrogens (tertiary/aromatic N) is 3. The fourth-order valence-electron chi connectivity index (χ4n) is 6.06. The normalized spacial score (nSPS) is 13.7. The number of amidine groups is 2. The lowest BCUT2D eigenvalue weighted by Crippen LogP contribution is -2.40. The van der Waals surface area contributed by atoms with Gasteiger partial charge in [-0.3, -0.25) is 10.8 Å². The number of fused-ring (bicyclic) bond motifs is 2. The molecule has 4 aromatic carbocycles. The first-order chi connectivity index (χ1) is 21.7. The molecule has 0 aliphatic carbocycles. The molecular formula is C35H37N7O3. The average molecular weight is 604 g/mol. The molecule has 2 heterocycles. The van der Waals surface area contributed by atoms with Gasteiger partial charge in [-0.25, -0.2) is 9.78 Å². The minimum Gasteiger partial charge on any atom is -0.488 e. The summed E-state index contributed by atoms with van der Waals surface area (Å²) >= 11 is 0. The summed E-state index contributed by atoms with van der Waals surface area (Å²) in [5.41, 5.74) is 11.5. The van der Waals surface area contributed by atoms with Crippen molar-refractivity contribution in [3.8, 4) is 5.75 Å². The molecule has 1 aromatic heterocycles. The number of nitrogens with one attached hydrogen (secondary N) is 3. The number of hydrogen-bond acceptors (Lipinski definition) is 6. The highest BCUT2D eigenvalue weighted by molar-refractivity contribution is 6.08. The third-order valence-corrected chi connectivity index (χ3v) is 8.57. The number of rotatable bonds is 9. The summed E-state index contributed by atoms with van der Waals surface area (Å²) < 4.78 is 8.86. The molecule has 5 aromatic rings. The Morgan fingerprint density at radius 2 is 1.76 bits per heavy atom. The Hall–Kier alpha value is -5.38. The Labute approximate surface area is 261 Å². The lowest BCUT2D eigenvalue weighted by atomic mass is 9.99. The van der Waals surface area contributed by atoms with Crippen LogP contribution >= 0.6 is 0 Å². The zero-order valence-corrected chi connectivity index (χ0v) is 25.4. The molecule has 0 bridgehead atoms. The van der Waals surface area contributed by atoms with E-state index in [-0.39, 0.29) is 17.5 Å². The molecule has 10 heteroatoms. The lowest BCUT2D eigenvalue weighted by molar-refractivity contribution is 0.0697. The zero-order chi connectivity index (χ0) is 31.7. The van der Waals surface area contributed by atoms with Crippen LogP contribution in [0.2, 0.25) is 0 Å². The first-order valence-electron chi connectivity index (χ1n) is 15.1. The molecule has 45 heavy (non-hydrogen) atoms. The van der Waals surface area contributed by atoms with E-state index in [1.807, 2.05) is 62.4 Å². The Kier molecular flexibility index (Phi) is 8.12. The second-order valence-corrected chi connectivity index (χ2v) is 11.6. The van der Waals surface area contributed by atoms with Crippen molar-refractivity contribution in [2.24, 2.45) is 5.73 Å². The third-order valence-electron chi connectivity index (χ3n) is 8.57. The highest BCUT2D eigenvalue weighted by Crippen LogP contribution is 2.34. The van der Waals surface area contributed by atoms with Gasteiger partial charge in [0.2, 0.25) is 0 Å². The number of imidazole rings is 1. The average Bonchev–Trinajstić information content (AvgIpc) is 3.33. The molecule has 6 N–H and O–H groups in total. The van der Waals surface area contributed by atoms with E-state index in [2.05, 4.69) is 26.9 Å². The van der Waals surface area contributed by atoms with Gasteiger partial charge in [-0.1, -0.05) is 48.5 Å². The Morgan fingerprint density at radius 3 is 2.42 bits per heavy atom. The molecule has 0 atom stereocenters.